The van der Waals surface area contributed by atoms with Gasteiger partial charge in [0.25, 0.3) is 0 Å². The first kappa shape index (κ1) is 18.4. The second kappa shape index (κ2) is 10.2. The van der Waals surface area contributed by atoms with Gasteiger partial charge in [0, 0.05) is 6.42 Å². The molecule has 0 aliphatic heterocycles. The maximum Gasteiger partial charge on any atom is 0.320 e. The fraction of sp³-hybridized carbons (Fsp3) is 0.786. The smallest absolute Gasteiger partial charge is 0.320 e. The monoisotopic (exact) mass is 288 g/mol. The summed E-state index contributed by atoms with van der Waals surface area (Å²) in [6, 6.07) is 0. The van der Waals surface area contributed by atoms with Crippen molar-refractivity contribution < 1.29 is 28.6 Å². The molecule has 1 atom stereocenters. The van der Waals surface area contributed by atoms with Gasteiger partial charge in [0.15, 0.2) is 5.92 Å². The van der Waals surface area contributed by atoms with Crippen LogP contribution in [0.1, 0.15) is 40.5 Å². The zero-order chi connectivity index (χ0) is 15.5. The van der Waals surface area contributed by atoms with E-state index >= 15 is 0 Å². The van der Waals surface area contributed by atoms with E-state index in [1.54, 1.807) is 27.7 Å². The lowest BCUT2D eigenvalue weighted by molar-refractivity contribution is -0.165. The van der Waals surface area contributed by atoms with Crippen LogP contribution >= 0.6 is 0 Å². The molecule has 0 aliphatic carbocycles. The summed E-state index contributed by atoms with van der Waals surface area (Å²) in [5, 5.41) is 0. The van der Waals surface area contributed by atoms with Crippen LogP contribution < -0.4 is 0 Å². The minimum Gasteiger partial charge on any atom is -0.466 e. The minimum absolute atomic E-state index is 0.00731. The number of hydrogen-bond donors (Lipinski definition) is 0. The van der Waals surface area contributed by atoms with Crippen LogP contribution in [0.5, 0.6) is 0 Å². The number of hydrogen-bond acceptors (Lipinski definition) is 6. The summed E-state index contributed by atoms with van der Waals surface area (Å²) in [5.41, 5.74) is 0. The zero-order valence-electron chi connectivity index (χ0n) is 12.6. The molecule has 0 aliphatic rings. The summed E-state index contributed by atoms with van der Waals surface area (Å²) in [6.45, 7) is 7.43. The van der Waals surface area contributed by atoms with Gasteiger partial charge >= 0.3 is 17.9 Å². The Balaban J connectivity index is 4.98. The first-order chi connectivity index (χ1) is 9.51. The van der Waals surface area contributed by atoms with Gasteiger partial charge in [-0.25, -0.2) is 0 Å². The fourth-order valence-corrected chi connectivity index (χ4v) is 1.88. The van der Waals surface area contributed by atoms with Crippen LogP contribution in [0, 0.1) is 11.8 Å². The lowest BCUT2D eigenvalue weighted by Crippen LogP contribution is -2.35. The van der Waals surface area contributed by atoms with Gasteiger partial charge in [-0.05, 0) is 26.7 Å². The number of rotatable bonds is 9. The Morgan fingerprint density at radius 2 is 1.25 bits per heavy atom. The maximum absolute atomic E-state index is 11.9. The van der Waals surface area contributed by atoms with E-state index in [0.29, 0.717) is 6.42 Å². The highest BCUT2D eigenvalue weighted by atomic mass is 16.6. The van der Waals surface area contributed by atoms with Crippen LogP contribution in [-0.4, -0.2) is 37.7 Å². The topological polar surface area (TPSA) is 78.9 Å². The van der Waals surface area contributed by atoms with Crippen molar-refractivity contribution in [3.8, 4) is 0 Å². The molecule has 0 fully saturated rings. The summed E-state index contributed by atoms with van der Waals surface area (Å²) in [4.78, 5) is 35.4. The van der Waals surface area contributed by atoms with Crippen molar-refractivity contribution in [3.05, 3.63) is 0 Å². The third kappa shape index (κ3) is 6.04. The largest absolute Gasteiger partial charge is 0.466 e. The average Bonchev–Trinajstić information content (AvgIpc) is 2.38. The van der Waals surface area contributed by atoms with Crippen molar-refractivity contribution in [2.24, 2.45) is 11.8 Å². The van der Waals surface area contributed by atoms with Crippen LogP contribution in [0.4, 0.5) is 0 Å². The van der Waals surface area contributed by atoms with Crippen molar-refractivity contribution in [3.63, 3.8) is 0 Å². The zero-order valence-corrected chi connectivity index (χ0v) is 12.6. The summed E-state index contributed by atoms with van der Waals surface area (Å²) >= 11 is 0. The molecule has 0 heterocycles. The molecule has 20 heavy (non-hydrogen) atoms. The van der Waals surface area contributed by atoms with E-state index in [1.165, 1.54) is 0 Å². The molecular formula is C14H24O6. The van der Waals surface area contributed by atoms with Gasteiger partial charge in [0.1, 0.15) is 0 Å². The molecule has 0 aromatic heterocycles. The Bertz CT molecular complexity index is 308. The highest BCUT2D eigenvalue weighted by molar-refractivity contribution is 5.95. The highest BCUT2D eigenvalue weighted by Crippen LogP contribution is 2.23. The number of carbonyl (C=O) groups is 3. The van der Waals surface area contributed by atoms with Crippen LogP contribution in [0.25, 0.3) is 0 Å². The molecule has 6 nitrogen and oxygen atoms in total. The van der Waals surface area contributed by atoms with Crippen LogP contribution in [0.2, 0.25) is 0 Å². The molecule has 116 valence electrons. The van der Waals surface area contributed by atoms with Crippen molar-refractivity contribution >= 4 is 17.9 Å². The van der Waals surface area contributed by atoms with Gasteiger partial charge in [-0.2, -0.15) is 0 Å². The van der Waals surface area contributed by atoms with Gasteiger partial charge in [-0.1, -0.05) is 13.3 Å². The molecule has 0 aromatic rings. The van der Waals surface area contributed by atoms with Gasteiger partial charge in [0.05, 0.1) is 19.8 Å². The van der Waals surface area contributed by atoms with Crippen molar-refractivity contribution in [1.29, 1.82) is 0 Å². The van der Waals surface area contributed by atoms with E-state index in [1.807, 2.05) is 0 Å². The molecule has 0 bridgehead atoms. The summed E-state index contributed by atoms with van der Waals surface area (Å²) in [5.74, 6) is -3.29. The Morgan fingerprint density at radius 3 is 1.60 bits per heavy atom. The third-order valence-electron chi connectivity index (χ3n) is 2.81. The minimum atomic E-state index is -1.08. The lowest BCUT2D eigenvalue weighted by Gasteiger charge is -2.22. The van der Waals surface area contributed by atoms with Crippen LogP contribution in [-0.2, 0) is 28.6 Å². The molecule has 0 aromatic carbocycles. The molecule has 6 heteroatoms. The molecule has 0 saturated carbocycles. The standard InChI is InChI=1S/C14H24O6/c1-5-10(9-11(15)18-6-2)12(13(16)19-7-3)14(17)20-8-4/h10,12H,5-9H2,1-4H3/t10-/m1/s1. The number of ether oxygens (including phenoxy) is 3. The molecule has 0 unspecified atom stereocenters. The molecule has 0 radical (unpaired) electrons. The maximum atomic E-state index is 11.9. The van der Waals surface area contributed by atoms with Gasteiger partial charge in [-0.15, -0.1) is 0 Å². The van der Waals surface area contributed by atoms with Crippen LogP contribution in [0.3, 0.4) is 0 Å². The average molecular weight is 288 g/mol. The van der Waals surface area contributed by atoms with E-state index in [-0.39, 0.29) is 26.2 Å². The lowest BCUT2D eigenvalue weighted by atomic mass is 9.87. The summed E-state index contributed by atoms with van der Waals surface area (Å²) < 4.78 is 14.7. The third-order valence-corrected chi connectivity index (χ3v) is 2.81. The van der Waals surface area contributed by atoms with Gasteiger partial charge < -0.3 is 14.2 Å². The molecule has 0 N–H and O–H groups in total. The molecular weight excluding hydrogens is 264 g/mol. The predicted molar refractivity (Wildman–Crippen MR) is 71.8 cm³/mol. The fourth-order valence-electron chi connectivity index (χ4n) is 1.88. The predicted octanol–water partition coefficient (Wildman–Crippen LogP) is 1.71. The quantitative estimate of drug-likeness (QED) is 0.365. The van der Waals surface area contributed by atoms with E-state index in [0.717, 1.165) is 0 Å². The van der Waals surface area contributed by atoms with Crippen molar-refractivity contribution in [1.82, 2.24) is 0 Å². The SMILES string of the molecule is CCOC(=O)C[C@@H](CC)C(C(=O)OCC)C(=O)OCC. The van der Waals surface area contributed by atoms with Crippen molar-refractivity contribution in [2.75, 3.05) is 19.8 Å². The number of esters is 3. The van der Waals surface area contributed by atoms with Crippen molar-refractivity contribution in [2.45, 2.75) is 40.5 Å². The Labute approximate surface area is 119 Å². The first-order valence-corrected chi connectivity index (χ1v) is 7.00. The Morgan fingerprint density at radius 1 is 0.800 bits per heavy atom. The second-order valence-electron chi connectivity index (χ2n) is 4.16. The molecule has 0 spiro atoms. The van der Waals surface area contributed by atoms with Gasteiger partial charge in [0.2, 0.25) is 0 Å². The molecule has 0 rings (SSSR count). The highest BCUT2D eigenvalue weighted by Gasteiger charge is 2.37. The van der Waals surface area contributed by atoms with Gasteiger partial charge in [-0.3, -0.25) is 14.4 Å². The van der Waals surface area contributed by atoms with Crippen LogP contribution in [0.15, 0.2) is 0 Å². The Hall–Kier alpha value is -1.59. The second-order valence-corrected chi connectivity index (χ2v) is 4.16. The number of carbonyl (C=O) groups excluding carboxylic acids is 3. The van der Waals surface area contributed by atoms with E-state index in [4.69, 9.17) is 14.2 Å². The van der Waals surface area contributed by atoms with E-state index in [2.05, 4.69) is 0 Å². The Kier molecular flexibility index (Phi) is 9.41. The summed E-state index contributed by atoms with van der Waals surface area (Å²) in [6.07, 6.45) is 0.466. The molecule has 0 amide bonds. The van der Waals surface area contributed by atoms with E-state index in [9.17, 15) is 14.4 Å². The summed E-state index contributed by atoms with van der Waals surface area (Å²) in [7, 11) is 0. The first-order valence-electron chi connectivity index (χ1n) is 7.00. The normalized spacial score (nSPS) is 11.8. The van der Waals surface area contributed by atoms with E-state index < -0.39 is 29.7 Å². The molecule has 0 saturated heterocycles.